The molecular formula is C35H58N4O7. The number of aliphatic hydroxyl groups is 1. The molecule has 11 nitrogen and oxygen atoms in total. The Morgan fingerprint density at radius 1 is 1.11 bits per heavy atom. The Labute approximate surface area is 275 Å². The highest BCUT2D eigenvalue weighted by atomic mass is 16.5. The lowest BCUT2D eigenvalue weighted by atomic mass is 9.80. The molecule has 0 radical (unpaired) electrons. The number of methoxy groups -OCH3 is 2. The van der Waals surface area contributed by atoms with E-state index >= 15 is 0 Å². The number of hydrogen-bond acceptors (Lipinski definition) is 8. The Bertz CT molecular complexity index is 1100. The summed E-state index contributed by atoms with van der Waals surface area (Å²) in [5.41, 5.74) is 6.69. The molecule has 46 heavy (non-hydrogen) atoms. The van der Waals surface area contributed by atoms with Gasteiger partial charge in [0.2, 0.25) is 17.7 Å². The van der Waals surface area contributed by atoms with Gasteiger partial charge in [-0.3, -0.25) is 14.4 Å². The second-order valence-electron chi connectivity index (χ2n) is 12.7. The van der Waals surface area contributed by atoms with Crippen molar-refractivity contribution in [3.63, 3.8) is 0 Å². The number of carbonyl (C=O) groups is 4. The van der Waals surface area contributed by atoms with Crippen LogP contribution in [-0.2, 0) is 35.1 Å². The molecule has 0 aliphatic carbocycles. The minimum Gasteiger partial charge on any atom is -0.467 e. The van der Waals surface area contributed by atoms with Crippen LogP contribution in [0.3, 0.4) is 0 Å². The Morgan fingerprint density at radius 2 is 1.78 bits per heavy atom. The van der Waals surface area contributed by atoms with Gasteiger partial charge in [0.15, 0.2) is 0 Å². The van der Waals surface area contributed by atoms with Crippen molar-refractivity contribution in [3.8, 4) is 0 Å². The molecule has 1 aromatic carbocycles. The van der Waals surface area contributed by atoms with Crippen LogP contribution in [-0.4, -0.2) is 103 Å². The zero-order valence-corrected chi connectivity index (χ0v) is 28.9. The highest BCUT2D eigenvalue weighted by Gasteiger charge is 2.43. The molecule has 2 rings (SSSR count). The molecule has 0 bridgehead atoms. The van der Waals surface area contributed by atoms with Gasteiger partial charge in [0, 0.05) is 45.0 Å². The van der Waals surface area contributed by atoms with Crippen LogP contribution in [0.15, 0.2) is 30.3 Å². The Hall–Kier alpha value is -3.02. The third-order valence-electron chi connectivity index (χ3n) is 9.57. The fourth-order valence-electron chi connectivity index (χ4n) is 6.76. The van der Waals surface area contributed by atoms with Gasteiger partial charge in [-0.15, -0.1) is 0 Å². The number of nitrogens with one attached hydrogen (secondary N) is 1. The summed E-state index contributed by atoms with van der Waals surface area (Å²) in [7, 11) is 2.82. The summed E-state index contributed by atoms with van der Waals surface area (Å²) in [5.74, 6) is -2.41. The summed E-state index contributed by atoms with van der Waals surface area (Å²) >= 11 is 0. The van der Waals surface area contributed by atoms with Crippen LogP contribution in [0.1, 0.15) is 78.7 Å². The summed E-state index contributed by atoms with van der Waals surface area (Å²) in [4.78, 5) is 56.8. The Morgan fingerprint density at radius 3 is 2.33 bits per heavy atom. The van der Waals surface area contributed by atoms with Gasteiger partial charge >= 0.3 is 5.97 Å². The van der Waals surface area contributed by atoms with E-state index in [4.69, 9.17) is 15.2 Å². The predicted molar refractivity (Wildman–Crippen MR) is 177 cm³/mol. The Kier molecular flexibility index (Phi) is 16.7. The molecule has 0 spiro atoms. The molecule has 4 N–H and O–H groups in total. The van der Waals surface area contributed by atoms with Crippen LogP contribution >= 0.6 is 0 Å². The highest BCUT2D eigenvalue weighted by Crippen LogP contribution is 2.32. The van der Waals surface area contributed by atoms with E-state index in [2.05, 4.69) is 12.2 Å². The number of nitrogens with two attached hydrogens (primary N) is 1. The van der Waals surface area contributed by atoms with E-state index < -0.39 is 36.1 Å². The van der Waals surface area contributed by atoms with Crippen LogP contribution in [0.25, 0.3) is 0 Å². The molecule has 0 unspecified atom stereocenters. The lowest BCUT2D eigenvalue weighted by molar-refractivity contribution is -0.147. The fourth-order valence-corrected chi connectivity index (χ4v) is 6.76. The molecule has 1 aliphatic rings. The van der Waals surface area contributed by atoms with Crippen LogP contribution in [0.2, 0.25) is 0 Å². The fraction of sp³-hybridized carbons (Fsp3) is 0.714. The monoisotopic (exact) mass is 646 g/mol. The van der Waals surface area contributed by atoms with Gasteiger partial charge in [0.05, 0.1) is 37.8 Å². The SMILES string of the molecule is CCCCN(C(=O)CN)[C@H]([C@@H](CC(=O)N1CCC[C@H]1[C@H](OC)[C@@H](C)C(=O)N[C@@H](Cc1ccccc1)C(=O)OC)[C@@H](C)O)[C@@H](C)CC. The van der Waals surface area contributed by atoms with Crippen molar-refractivity contribution in [2.45, 2.75) is 110 Å². The second kappa shape index (κ2) is 19.6. The van der Waals surface area contributed by atoms with Crippen LogP contribution < -0.4 is 11.1 Å². The largest absolute Gasteiger partial charge is 0.467 e. The average Bonchev–Trinajstić information content (AvgIpc) is 3.54. The quantitative estimate of drug-likeness (QED) is 0.194. The topological polar surface area (TPSA) is 151 Å². The first-order valence-electron chi connectivity index (χ1n) is 16.9. The van der Waals surface area contributed by atoms with Crippen molar-refractivity contribution in [1.29, 1.82) is 0 Å². The molecule has 1 heterocycles. The van der Waals surface area contributed by atoms with E-state index in [1.54, 1.807) is 23.6 Å². The van der Waals surface area contributed by atoms with Crippen LogP contribution in [0, 0.1) is 17.8 Å². The second-order valence-corrected chi connectivity index (χ2v) is 12.7. The normalized spacial score (nSPS) is 19.3. The van der Waals surface area contributed by atoms with Gasteiger partial charge in [0.1, 0.15) is 6.04 Å². The molecule has 11 heteroatoms. The zero-order chi connectivity index (χ0) is 34.4. The summed E-state index contributed by atoms with van der Waals surface area (Å²) in [5, 5.41) is 13.9. The van der Waals surface area contributed by atoms with Crippen LogP contribution in [0.5, 0.6) is 0 Å². The first-order valence-corrected chi connectivity index (χ1v) is 16.9. The number of benzene rings is 1. The van der Waals surface area contributed by atoms with Gasteiger partial charge in [-0.2, -0.15) is 0 Å². The van der Waals surface area contributed by atoms with Crippen molar-refractivity contribution in [3.05, 3.63) is 35.9 Å². The van der Waals surface area contributed by atoms with E-state index in [1.165, 1.54) is 14.2 Å². The predicted octanol–water partition coefficient (Wildman–Crippen LogP) is 2.92. The van der Waals surface area contributed by atoms with Gasteiger partial charge in [-0.1, -0.05) is 70.9 Å². The first kappa shape index (κ1) is 39.2. The molecule has 8 atom stereocenters. The number of rotatable bonds is 19. The van der Waals surface area contributed by atoms with Crippen molar-refractivity contribution in [2.24, 2.45) is 23.5 Å². The maximum atomic E-state index is 14.1. The van der Waals surface area contributed by atoms with E-state index in [0.29, 0.717) is 19.5 Å². The summed E-state index contributed by atoms with van der Waals surface area (Å²) in [6.07, 6.45) is 2.69. The van der Waals surface area contributed by atoms with Gasteiger partial charge < -0.3 is 35.4 Å². The van der Waals surface area contributed by atoms with Gasteiger partial charge in [-0.05, 0) is 37.7 Å². The number of likely N-dealkylation sites (tertiary alicyclic amines) is 1. The number of ether oxygens (including phenoxy) is 2. The lowest BCUT2D eigenvalue weighted by Gasteiger charge is -2.42. The summed E-state index contributed by atoms with van der Waals surface area (Å²) in [6.45, 7) is 10.4. The minimum atomic E-state index is -0.877. The van der Waals surface area contributed by atoms with E-state index in [9.17, 15) is 24.3 Å². The van der Waals surface area contributed by atoms with Crippen molar-refractivity contribution in [2.75, 3.05) is 33.9 Å². The molecule has 3 amide bonds. The maximum absolute atomic E-state index is 14.1. The van der Waals surface area contributed by atoms with Gasteiger partial charge in [0.25, 0.3) is 0 Å². The lowest BCUT2D eigenvalue weighted by Crippen LogP contribution is -2.55. The smallest absolute Gasteiger partial charge is 0.328 e. The molecule has 1 saturated heterocycles. The number of nitrogens with zero attached hydrogens (tertiary/aromatic N) is 2. The number of aliphatic hydroxyl groups excluding tert-OH is 1. The zero-order valence-electron chi connectivity index (χ0n) is 28.9. The molecular weight excluding hydrogens is 588 g/mol. The molecule has 1 aromatic rings. The standard InChI is InChI=1S/C35H58N4O7/c1-8-10-18-39(31(42)22-36)32(23(3)9-2)27(25(5)40)21-30(41)38-19-14-17-29(38)33(45-6)24(4)34(43)37-28(35(44)46-7)20-26-15-12-11-13-16-26/h11-13,15-16,23-25,27-29,32-33,40H,8-10,14,17-22,36H2,1-7H3,(H,37,43)/t23-,24+,25+,27-,28-,29-,32-,33+/m0/s1. The number of amides is 3. The van der Waals surface area contributed by atoms with Crippen molar-refractivity contribution in [1.82, 2.24) is 15.1 Å². The summed E-state index contributed by atoms with van der Waals surface area (Å²) in [6, 6.07) is 7.77. The Balaban J connectivity index is 2.28. The molecule has 260 valence electrons. The third-order valence-corrected chi connectivity index (χ3v) is 9.57. The number of unbranched alkanes of at least 4 members (excludes halogenated alkanes) is 1. The van der Waals surface area contributed by atoms with Crippen molar-refractivity contribution >= 4 is 23.7 Å². The molecule has 1 fully saturated rings. The third kappa shape index (κ3) is 10.5. The van der Waals surface area contributed by atoms with Crippen LogP contribution in [0.4, 0.5) is 0 Å². The van der Waals surface area contributed by atoms with E-state index in [0.717, 1.165) is 31.2 Å². The van der Waals surface area contributed by atoms with E-state index in [-0.39, 0.29) is 55.1 Å². The molecule has 0 saturated carbocycles. The maximum Gasteiger partial charge on any atom is 0.328 e. The molecule has 1 aliphatic heterocycles. The average molecular weight is 647 g/mol. The number of carbonyl (C=O) groups excluding carboxylic acids is 4. The highest BCUT2D eigenvalue weighted by molar-refractivity contribution is 5.86. The number of hydrogen-bond donors (Lipinski definition) is 3. The molecule has 0 aromatic heterocycles. The number of esters is 1. The van der Waals surface area contributed by atoms with Gasteiger partial charge in [-0.25, -0.2) is 4.79 Å². The minimum absolute atomic E-state index is 0.0308. The van der Waals surface area contributed by atoms with E-state index in [1.807, 2.05) is 44.2 Å². The summed E-state index contributed by atoms with van der Waals surface area (Å²) < 4.78 is 10.9. The van der Waals surface area contributed by atoms with Crippen molar-refractivity contribution < 1.29 is 33.8 Å². The first-order chi connectivity index (χ1) is 21.9.